The number of hydrogen-bond donors (Lipinski definition) is 2. The molecule has 13 heavy (non-hydrogen) atoms. The highest BCUT2D eigenvalue weighted by atomic mass is 19.3. The minimum absolute atomic E-state index is 0.352. The molecule has 0 aliphatic carbocycles. The molecule has 0 amide bonds. The predicted octanol–water partition coefficient (Wildman–Crippen LogP) is 2.29. The van der Waals surface area contributed by atoms with Crippen LogP contribution < -0.4 is 0 Å². The molecule has 0 spiro atoms. The van der Waals surface area contributed by atoms with Crippen molar-refractivity contribution in [3.05, 3.63) is 0 Å². The van der Waals surface area contributed by atoms with Crippen molar-refractivity contribution in [1.29, 1.82) is 0 Å². The Labute approximate surface area is 77.6 Å². The summed E-state index contributed by atoms with van der Waals surface area (Å²) in [6, 6.07) is 0. The molecule has 0 rings (SSSR count). The van der Waals surface area contributed by atoms with Crippen LogP contribution in [-0.4, -0.2) is 22.4 Å². The van der Waals surface area contributed by atoms with Crippen molar-refractivity contribution >= 4 is 0 Å². The summed E-state index contributed by atoms with van der Waals surface area (Å²) in [5.74, 6) is -3.34. The van der Waals surface area contributed by atoms with Crippen LogP contribution in [0, 0.1) is 0 Å². The fourth-order valence-electron chi connectivity index (χ4n) is 1.09. The Morgan fingerprint density at radius 3 is 2.08 bits per heavy atom. The van der Waals surface area contributed by atoms with Crippen molar-refractivity contribution in [3.63, 3.8) is 0 Å². The molecular weight excluding hydrogens is 178 g/mol. The third kappa shape index (κ3) is 5.93. The lowest BCUT2D eigenvalue weighted by atomic mass is 10.1. The van der Waals surface area contributed by atoms with Crippen molar-refractivity contribution in [2.24, 2.45) is 0 Å². The van der Waals surface area contributed by atoms with Crippen molar-refractivity contribution < 1.29 is 19.0 Å². The first-order chi connectivity index (χ1) is 6.00. The first-order valence-electron chi connectivity index (χ1n) is 4.74. The fourth-order valence-corrected chi connectivity index (χ4v) is 1.09. The summed E-state index contributed by atoms with van der Waals surface area (Å²) in [7, 11) is 0. The molecular formula is C9H18F2O2. The molecule has 0 saturated carbocycles. The van der Waals surface area contributed by atoms with Gasteiger partial charge in [0.05, 0.1) is 0 Å². The molecule has 0 fully saturated rings. The number of aliphatic hydroxyl groups is 2. The van der Waals surface area contributed by atoms with E-state index in [1.807, 2.05) is 6.92 Å². The quantitative estimate of drug-likeness (QED) is 0.484. The van der Waals surface area contributed by atoms with E-state index in [4.69, 9.17) is 10.2 Å². The van der Waals surface area contributed by atoms with E-state index in [1.165, 1.54) is 0 Å². The smallest absolute Gasteiger partial charge is 0.297 e. The van der Waals surface area contributed by atoms with Crippen LogP contribution in [0.25, 0.3) is 0 Å². The Hall–Kier alpha value is -0.220. The maximum absolute atomic E-state index is 12.6. The van der Waals surface area contributed by atoms with Gasteiger partial charge < -0.3 is 10.2 Å². The molecule has 0 radical (unpaired) electrons. The summed E-state index contributed by atoms with van der Waals surface area (Å²) in [5.41, 5.74) is 0. The highest BCUT2D eigenvalue weighted by Gasteiger charge is 2.36. The second kappa shape index (κ2) is 6.27. The van der Waals surface area contributed by atoms with Gasteiger partial charge in [0.15, 0.2) is 0 Å². The summed E-state index contributed by atoms with van der Waals surface area (Å²) in [5, 5.41) is 16.6. The maximum Gasteiger partial charge on any atom is 0.297 e. The SMILES string of the molecule is CCCCCCCC(F)(F)C(O)O. The standard InChI is InChI=1S/C9H18F2O2/c1-2-3-4-5-6-7-9(10,11)8(12)13/h8,12-13H,2-7H2,1H3. The lowest BCUT2D eigenvalue weighted by molar-refractivity contribution is -0.211. The number of aliphatic hydroxyl groups excluding tert-OH is 1. The number of rotatable bonds is 7. The van der Waals surface area contributed by atoms with E-state index in [2.05, 4.69) is 0 Å². The summed E-state index contributed by atoms with van der Waals surface area (Å²) in [6.07, 6.45) is 1.19. The van der Waals surface area contributed by atoms with Crippen molar-refractivity contribution in [2.45, 2.75) is 57.7 Å². The normalized spacial score (nSPS) is 12.5. The van der Waals surface area contributed by atoms with E-state index < -0.39 is 18.6 Å². The van der Waals surface area contributed by atoms with Gasteiger partial charge in [-0.2, -0.15) is 0 Å². The topological polar surface area (TPSA) is 40.5 Å². The summed E-state index contributed by atoms with van der Waals surface area (Å²) < 4.78 is 25.1. The molecule has 4 heteroatoms. The monoisotopic (exact) mass is 196 g/mol. The van der Waals surface area contributed by atoms with Crippen molar-refractivity contribution in [3.8, 4) is 0 Å². The second-order valence-electron chi connectivity index (χ2n) is 3.30. The molecule has 0 aromatic rings. The second-order valence-corrected chi connectivity index (χ2v) is 3.30. The molecule has 0 unspecified atom stereocenters. The molecule has 0 aliphatic rings. The first-order valence-corrected chi connectivity index (χ1v) is 4.74. The van der Waals surface area contributed by atoms with Gasteiger partial charge in [0.25, 0.3) is 5.92 Å². The molecule has 0 heterocycles. The van der Waals surface area contributed by atoms with Crippen LogP contribution in [0.15, 0.2) is 0 Å². The van der Waals surface area contributed by atoms with Gasteiger partial charge in [0, 0.05) is 6.42 Å². The average molecular weight is 196 g/mol. The van der Waals surface area contributed by atoms with Gasteiger partial charge in [0.1, 0.15) is 0 Å². The Balaban J connectivity index is 3.41. The van der Waals surface area contributed by atoms with Crippen molar-refractivity contribution in [2.75, 3.05) is 0 Å². The van der Waals surface area contributed by atoms with Crippen LogP contribution in [0.3, 0.4) is 0 Å². The zero-order chi connectivity index (χ0) is 10.3. The van der Waals surface area contributed by atoms with Crippen LogP contribution in [0.1, 0.15) is 45.4 Å². The van der Waals surface area contributed by atoms with Gasteiger partial charge in [-0.1, -0.05) is 32.6 Å². The largest absolute Gasteiger partial charge is 0.363 e. The first kappa shape index (κ1) is 12.8. The van der Waals surface area contributed by atoms with Crippen LogP contribution in [0.4, 0.5) is 8.78 Å². The summed E-state index contributed by atoms with van der Waals surface area (Å²) in [4.78, 5) is 0. The number of hydrogen-bond acceptors (Lipinski definition) is 2. The zero-order valence-electron chi connectivity index (χ0n) is 7.97. The molecule has 2 N–H and O–H groups in total. The van der Waals surface area contributed by atoms with Gasteiger partial charge in [-0.05, 0) is 6.42 Å². The van der Waals surface area contributed by atoms with Gasteiger partial charge in [0.2, 0.25) is 6.29 Å². The molecule has 0 aromatic carbocycles. The Morgan fingerprint density at radius 1 is 1.08 bits per heavy atom. The maximum atomic E-state index is 12.6. The van der Waals surface area contributed by atoms with E-state index in [9.17, 15) is 8.78 Å². The van der Waals surface area contributed by atoms with Crippen LogP contribution >= 0.6 is 0 Å². The van der Waals surface area contributed by atoms with E-state index in [1.54, 1.807) is 0 Å². The summed E-state index contributed by atoms with van der Waals surface area (Å²) in [6.45, 7) is 2.05. The fraction of sp³-hybridized carbons (Fsp3) is 1.00. The average Bonchev–Trinajstić information content (AvgIpc) is 2.03. The summed E-state index contributed by atoms with van der Waals surface area (Å²) >= 11 is 0. The van der Waals surface area contributed by atoms with Crippen LogP contribution in [0.2, 0.25) is 0 Å². The van der Waals surface area contributed by atoms with E-state index in [0.717, 1.165) is 25.7 Å². The van der Waals surface area contributed by atoms with Crippen LogP contribution in [0.5, 0.6) is 0 Å². The van der Waals surface area contributed by atoms with Crippen molar-refractivity contribution in [1.82, 2.24) is 0 Å². The molecule has 0 atom stereocenters. The molecule has 80 valence electrons. The zero-order valence-corrected chi connectivity index (χ0v) is 7.97. The Kier molecular flexibility index (Phi) is 6.16. The minimum Gasteiger partial charge on any atom is -0.363 e. The van der Waals surface area contributed by atoms with E-state index in [-0.39, 0.29) is 0 Å². The molecule has 2 nitrogen and oxygen atoms in total. The molecule has 0 aliphatic heterocycles. The van der Waals surface area contributed by atoms with E-state index >= 15 is 0 Å². The lowest BCUT2D eigenvalue weighted by Gasteiger charge is -2.17. The third-order valence-electron chi connectivity index (χ3n) is 1.99. The Morgan fingerprint density at radius 2 is 1.62 bits per heavy atom. The third-order valence-corrected chi connectivity index (χ3v) is 1.99. The number of alkyl halides is 2. The van der Waals surface area contributed by atoms with Gasteiger partial charge in [-0.25, -0.2) is 8.78 Å². The molecule has 0 aromatic heterocycles. The molecule has 0 saturated heterocycles. The lowest BCUT2D eigenvalue weighted by Crippen LogP contribution is -2.32. The minimum atomic E-state index is -3.34. The highest BCUT2D eigenvalue weighted by molar-refractivity contribution is 4.67. The Bertz CT molecular complexity index is 127. The van der Waals surface area contributed by atoms with Gasteiger partial charge in [-0.3, -0.25) is 0 Å². The number of halogens is 2. The van der Waals surface area contributed by atoms with E-state index in [0.29, 0.717) is 6.42 Å². The molecule has 0 bridgehead atoms. The predicted molar refractivity (Wildman–Crippen MR) is 46.5 cm³/mol. The number of unbranched alkanes of at least 4 members (excludes halogenated alkanes) is 4. The van der Waals surface area contributed by atoms with Crippen LogP contribution in [-0.2, 0) is 0 Å². The van der Waals surface area contributed by atoms with Gasteiger partial charge in [-0.15, -0.1) is 0 Å². The van der Waals surface area contributed by atoms with Gasteiger partial charge >= 0.3 is 0 Å². The highest BCUT2D eigenvalue weighted by Crippen LogP contribution is 2.24.